The minimum absolute atomic E-state index is 0.0135. The van der Waals surface area contributed by atoms with Crippen molar-refractivity contribution >= 4 is 23.4 Å². The predicted octanol–water partition coefficient (Wildman–Crippen LogP) is 1.25. The highest BCUT2D eigenvalue weighted by atomic mass is 32.1. The largest absolute Gasteiger partial charge is 0.337 e. The Balaban J connectivity index is 1.61. The van der Waals surface area contributed by atoms with Crippen molar-refractivity contribution in [2.75, 3.05) is 31.1 Å². The highest BCUT2D eigenvalue weighted by Crippen LogP contribution is 2.41. The number of amides is 1. The van der Waals surface area contributed by atoms with Gasteiger partial charge in [0, 0.05) is 32.1 Å². The fourth-order valence-electron chi connectivity index (χ4n) is 2.11. The minimum Gasteiger partial charge on any atom is -0.337 e. The van der Waals surface area contributed by atoms with Gasteiger partial charge in [-0.25, -0.2) is 4.98 Å². The van der Waals surface area contributed by atoms with Crippen LogP contribution in [0, 0.1) is 0 Å². The van der Waals surface area contributed by atoms with Gasteiger partial charge in [-0.05, 0) is 30.5 Å². The summed E-state index contributed by atoms with van der Waals surface area (Å²) in [6, 6.07) is 0. The molecule has 1 aliphatic heterocycles. The summed E-state index contributed by atoms with van der Waals surface area (Å²) in [5.41, 5.74) is 0. The van der Waals surface area contributed by atoms with E-state index in [9.17, 15) is 4.79 Å². The molecule has 2 heterocycles. The number of piperazine rings is 1. The van der Waals surface area contributed by atoms with Crippen LogP contribution >= 0.6 is 11.5 Å². The van der Waals surface area contributed by atoms with E-state index in [2.05, 4.69) is 20.8 Å². The van der Waals surface area contributed by atoms with Crippen LogP contribution in [0.5, 0.6) is 0 Å². The van der Waals surface area contributed by atoms with E-state index in [0.717, 1.165) is 32.1 Å². The third kappa shape index (κ3) is 2.25. The molecule has 1 aromatic rings. The van der Waals surface area contributed by atoms with E-state index in [4.69, 9.17) is 0 Å². The molecule has 1 saturated carbocycles. The Kier molecular flexibility index (Phi) is 3.03. The number of aromatic nitrogens is 2. The predicted molar refractivity (Wildman–Crippen MR) is 70.9 cm³/mol. The van der Waals surface area contributed by atoms with Crippen LogP contribution in [0.3, 0.4) is 0 Å². The third-order valence-electron chi connectivity index (χ3n) is 3.41. The summed E-state index contributed by atoms with van der Waals surface area (Å²) >= 11 is 1.53. The van der Waals surface area contributed by atoms with Gasteiger partial charge in [0.15, 0.2) is 0 Å². The van der Waals surface area contributed by atoms with Gasteiger partial charge in [-0.15, -0.1) is 0 Å². The lowest BCUT2D eigenvalue weighted by atomic mass is 10.3. The van der Waals surface area contributed by atoms with Crippen molar-refractivity contribution in [2.24, 2.45) is 0 Å². The molecule has 1 aromatic heterocycles. The second kappa shape index (κ2) is 4.68. The van der Waals surface area contributed by atoms with Gasteiger partial charge in [0.1, 0.15) is 5.01 Å². The SMILES string of the molecule is C=CC(=O)N1CCN(c2nsc(C3CC3)n2)CC1. The number of carbonyl (C=O) groups is 1. The molecule has 2 fully saturated rings. The van der Waals surface area contributed by atoms with Crippen LogP contribution in [-0.2, 0) is 4.79 Å². The summed E-state index contributed by atoms with van der Waals surface area (Å²) in [7, 11) is 0. The highest BCUT2D eigenvalue weighted by molar-refractivity contribution is 7.05. The van der Waals surface area contributed by atoms with Gasteiger partial charge in [0.25, 0.3) is 0 Å². The molecule has 0 unspecified atom stereocenters. The molecular formula is C12H16N4OS. The average Bonchev–Trinajstić information content (AvgIpc) is 3.16. The number of nitrogens with zero attached hydrogens (tertiary/aromatic N) is 4. The molecule has 0 N–H and O–H groups in total. The summed E-state index contributed by atoms with van der Waals surface area (Å²) in [6.07, 6.45) is 3.90. The van der Waals surface area contributed by atoms with E-state index in [1.54, 1.807) is 0 Å². The molecule has 18 heavy (non-hydrogen) atoms. The van der Waals surface area contributed by atoms with Gasteiger partial charge in [-0.1, -0.05) is 6.58 Å². The second-order valence-corrected chi connectivity index (χ2v) is 5.51. The van der Waals surface area contributed by atoms with E-state index in [0.29, 0.717) is 5.92 Å². The summed E-state index contributed by atoms with van der Waals surface area (Å²) in [6.45, 7) is 6.58. The monoisotopic (exact) mass is 264 g/mol. The molecule has 6 heteroatoms. The van der Waals surface area contributed by atoms with Gasteiger partial charge >= 0.3 is 0 Å². The molecule has 2 aliphatic rings. The lowest BCUT2D eigenvalue weighted by Crippen LogP contribution is -2.48. The van der Waals surface area contributed by atoms with Crippen molar-refractivity contribution in [3.05, 3.63) is 17.7 Å². The summed E-state index contributed by atoms with van der Waals surface area (Å²) in [5, 5.41) is 1.18. The lowest BCUT2D eigenvalue weighted by Gasteiger charge is -2.33. The van der Waals surface area contributed by atoms with E-state index >= 15 is 0 Å². The summed E-state index contributed by atoms with van der Waals surface area (Å²) in [4.78, 5) is 20.0. The third-order valence-corrected chi connectivity index (χ3v) is 4.27. The number of rotatable bonds is 3. The van der Waals surface area contributed by atoms with E-state index in [1.165, 1.54) is 35.5 Å². The average molecular weight is 264 g/mol. The Bertz CT molecular complexity index is 460. The number of hydrogen-bond acceptors (Lipinski definition) is 5. The van der Waals surface area contributed by atoms with E-state index in [1.807, 2.05) is 4.90 Å². The fraction of sp³-hybridized carbons (Fsp3) is 0.583. The Labute approximate surface area is 110 Å². The van der Waals surface area contributed by atoms with Crippen molar-refractivity contribution in [1.29, 1.82) is 0 Å². The second-order valence-electron chi connectivity index (χ2n) is 4.72. The molecule has 5 nitrogen and oxygen atoms in total. The Morgan fingerprint density at radius 3 is 2.67 bits per heavy atom. The first kappa shape index (κ1) is 11.6. The summed E-state index contributed by atoms with van der Waals surface area (Å²) < 4.78 is 4.42. The molecule has 3 rings (SSSR count). The molecule has 1 saturated heterocycles. The first-order valence-corrected chi connectivity index (χ1v) is 7.05. The van der Waals surface area contributed by atoms with Gasteiger partial charge in [0.2, 0.25) is 11.9 Å². The van der Waals surface area contributed by atoms with Crippen LogP contribution in [0.2, 0.25) is 0 Å². The highest BCUT2D eigenvalue weighted by Gasteiger charge is 2.29. The zero-order chi connectivity index (χ0) is 12.5. The van der Waals surface area contributed by atoms with Crippen LogP contribution < -0.4 is 4.90 Å². The van der Waals surface area contributed by atoms with Crippen LogP contribution in [-0.4, -0.2) is 46.3 Å². The topological polar surface area (TPSA) is 49.3 Å². The Morgan fingerprint density at radius 2 is 2.06 bits per heavy atom. The normalized spacial score (nSPS) is 20.0. The van der Waals surface area contributed by atoms with Crippen molar-refractivity contribution in [3.63, 3.8) is 0 Å². The molecule has 0 atom stereocenters. The molecule has 96 valence electrons. The standard InChI is InChI=1S/C12H16N4OS/c1-2-10(17)15-5-7-16(8-6-15)12-13-11(18-14-12)9-3-4-9/h2,9H,1,3-8H2. The molecule has 1 amide bonds. The zero-order valence-corrected chi connectivity index (χ0v) is 11.0. The quantitative estimate of drug-likeness (QED) is 0.771. The molecular weight excluding hydrogens is 248 g/mol. The van der Waals surface area contributed by atoms with Crippen LogP contribution in [0.1, 0.15) is 23.8 Å². The number of anilines is 1. The minimum atomic E-state index is 0.0135. The number of hydrogen-bond donors (Lipinski definition) is 0. The van der Waals surface area contributed by atoms with Crippen molar-refractivity contribution in [3.8, 4) is 0 Å². The van der Waals surface area contributed by atoms with E-state index < -0.39 is 0 Å². The van der Waals surface area contributed by atoms with Crippen LogP contribution in [0.4, 0.5) is 5.95 Å². The van der Waals surface area contributed by atoms with Gasteiger partial charge in [-0.2, -0.15) is 4.37 Å². The maximum Gasteiger partial charge on any atom is 0.246 e. The molecule has 1 aliphatic carbocycles. The fourth-order valence-corrected chi connectivity index (χ4v) is 2.95. The Morgan fingerprint density at radius 1 is 1.33 bits per heavy atom. The zero-order valence-electron chi connectivity index (χ0n) is 10.2. The number of carbonyl (C=O) groups excluding carboxylic acids is 1. The molecule has 0 radical (unpaired) electrons. The first-order valence-electron chi connectivity index (χ1n) is 6.28. The Hall–Kier alpha value is -1.43. The van der Waals surface area contributed by atoms with Gasteiger partial charge < -0.3 is 9.80 Å². The van der Waals surface area contributed by atoms with Crippen molar-refractivity contribution in [1.82, 2.24) is 14.3 Å². The lowest BCUT2D eigenvalue weighted by molar-refractivity contribution is -0.126. The molecule has 0 bridgehead atoms. The van der Waals surface area contributed by atoms with Crippen molar-refractivity contribution in [2.45, 2.75) is 18.8 Å². The molecule has 0 aromatic carbocycles. The molecule has 0 spiro atoms. The maximum atomic E-state index is 11.5. The van der Waals surface area contributed by atoms with Gasteiger partial charge in [0.05, 0.1) is 0 Å². The van der Waals surface area contributed by atoms with Crippen molar-refractivity contribution < 1.29 is 4.79 Å². The van der Waals surface area contributed by atoms with Crippen LogP contribution in [0.25, 0.3) is 0 Å². The maximum absolute atomic E-state index is 11.5. The van der Waals surface area contributed by atoms with Crippen LogP contribution in [0.15, 0.2) is 12.7 Å². The smallest absolute Gasteiger partial charge is 0.246 e. The summed E-state index contributed by atoms with van der Waals surface area (Å²) in [5.74, 6) is 1.52. The van der Waals surface area contributed by atoms with Gasteiger partial charge in [-0.3, -0.25) is 4.79 Å². The van der Waals surface area contributed by atoms with E-state index in [-0.39, 0.29) is 5.91 Å². The first-order chi connectivity index (χ1) is 8.78.